The quantitative estimate of drug-likeness (QED) is 0.910. The van der Waals surface area contributed by atoms with Gasteiger partial charge in [-0.3, -0.25) is 10.1 Å². The molecule has 90 valence electrons. The largest absolute Gasteiger partial charge is 0.351 e. The number of nitrogens with one attached hydrogen (secondary N) is 1. The molecule has 1 N–H and O–H groups in total. The number of amides is 1. The summed E-state index contributed by atoms with van der Waals surface area (Å²) in [6, 6.07) is 1.52. The molecule has 0 unspecified atom stereocenters. The van der Waals surface area contributed by atoms with Crippen LogP contribution in [0.25, 0.3) is 0 Å². The van der Waals surface area contributed by atoms with Crippen LogP contribution in [0.2, 0.25) is 0 Å². The van der Waals surface area contributed by atoms with E-state index in [9.17, 15) is 4.79 Å². The maximum Gasteiger partial charge on any atom is 0.296 e. The molecule has 0 aliphatic heterocycles. The zero-order chi connectivity index (χ0) is 11.0. The second kappa shape index (κ2) is 4.67. The summed E-state index contributed by atoms with van der Waals surface area (Å²) in [5.41, 5.74) is 1.08. The van der Waals surface area contributed by atoms with E-state index in [0.717, 1.165) is 5.69 Å². The highest BCUT2D eigenvalue weighted by Crippen LogP contribution is 2.40. The lowest BCUT2D eigenvalue weighted by Crippen LogP contribution is -2.10. The summed E-state index contributed by atoms with van der Waals surface area (Å²) in [4.78, 5) is 15.9. The third kappa shape index (κ3) is 2.52. The highest BCUT2D eigenvalue weighted by Gasteiger charge is 2.26. The van der Waals surface area contributed by atoms with E-state index >= 15 is 0 Å². The summed E-state index contributed by atoms with van der Waals surface area (Å²) in [5.74, 6) is 0.490. The molecule has 1 saturated carbocycles. The molecule has 17 heavy (non-hydrogen) atoms. The molecule has 1 aliphatic rings. The van der Waals surface area contributed by atoms with E-state index in [0.29, 0.717) is 11.0 Å². The lowest BCUT2D eigenvalue weighted by molar-refractivity contribution is 0.0988. The molecule has 0 bridgehead atoms. The topological polar surface area (TPSA) is 68.0 Å². The molecule has 1 fully saturated rings. The average molecular weight is 251 g/mol. The second-order valence-electron chi connectivity index (χ2n) is 3.68. The zero-order valence-electron chi connectivity index (χ0n) is 8.34. The first kappa shape index (κ1) is 11.8. The van der Waals surface area contributed by atoms with Crippen molar-refractivity contribution in [1.82, 2.24) is 10.1 Å². The van der Waals surface area contributed by atoms with Gasteiger partial charge in [0, 0.05) is 17.4 Å². The van der Waals surface area contributed by atoms with Crippen LogP contribution >= 0.6 is 11.3 Å². The number of carbonyl (C=O) groups excluding carboxylic acids is 1. The van der Waals surface area contributed by atoms with Gasteiger partial charge in [0.15, 0.2) is 5.13 Å². The highest BCUT2D eigenvalue weighted by atomic mass is 32.1. The van der Waals surface area contributed by atoms with Crippen LogP contribution in [-0.4, -0.2) is 16.0 Å². The van der Waals surface area contributed by atoms with Crippen LogP contribution in [0.15, 0.2) is 22.2 Å². The Morgan fingerprint density at radius 3 is 3.00 bits per heavy atom. The normalized spacial score (nSPS) is 14.1. The molecule has 0 radical (unpaired) electrons. The lowest BCUT2D eigenvalue weighted by Gasteiger charge is -1.95. The van der Waals surface area contributed by atoms with Gasteiger partial charge in [-0.2, -0.15) is 0 Å². The van der Waals surface area contributed by atoms with Crippen LogP contribution in [-0.2, 0) is 0 Å². The van der Waals surface area contributed by atoms with Crippen molar-refractivity contribution in [3.8, 4) is 0 Å². The molecule has 2 aromatic rings. The molecule has 0 aromatic carbocycles. The first-order valence-corrected chi connectivity index (χ1v) is 5.88. The fraction of sp³-hybridized carbons (Fsp3) is 0.364. The molecule has 3 rings (SSSR count). The number of nitrogens with zero attached hydrogens (tertiary/aromatic N) is 2. The number of hydrogen-bond acceptors (Lipinski definition) is 5. The van der Waals surface area contributed by atoms with Crippen molar-refractivity contribution in [3.63, 3.8) is 0 Å². The zero-order valence-corrected chi connectivity index (χ0v) is 9.16. The number of carbonyl (C=O) groups is 1. The summed E-state index contributed by atoms with van der Waals surface area (Å²) in [6.07, 6.45) is 3.85. The summed E-state index contributed by atoms with van der Waals surface area (Å²) in [7, 11) is 0. The van der Waals surface area contributed by atoms with Gasteiger partial charge in [0.2, 0.25) is 5.76 Å². The number of anilines is 1. The molecular weight excluding hydrogens is 238 g/mol. The first-order valence-electron chi connectivity index (χ1n) is 5.00. The smallest absolute Gasteiger partial charge is 0.296 e. The standard InChI is InChI=1S/C10H9N3O2S.CH4/c14-9(8-3-4-11-15-8)13-10-12-7(5-16-10)6-1-2-6;/h3-6H,1-2H2,(H,12,13,14);1H4. The Morgan fingerprint density at radius 1 is 1.53 bits per heavy atom. The van der Waals surface area contributed by atoms with Crippen LogP contribution in [0.4, 0.5) is 5.13 Å². The molecule has 1 amide bonds. The maximum atomic E-state index is 11.6. The van der Waals surface area contributed by atoms with Crippen molar-refractivity contribution in [2.75, 3.05) is 5.32 Å². The van der Waals surface area contributed by atoms with Gasteiger partial charge < -0.3 is 4.52 Å². The van der Waals surface area contributed by atoms with Crippen molar-refractivity contribution in [1.29, 1.82) is 0 Å². The summed E-state index contributed by atoms with van der Waals surface area (Å²) in [5, 5.41) is 8.77. The van der Waals surface area contributed by atoms with Gasteiger partial charge in [0.1, 0.15) is 0 Å². The minimum absolute atomic E-state index is 0. The van der Waals surface area contributed by atoms with E-state index in [-0.39, 0.29) is 19.1 Å². The molecule has 0 spiro atoms. The minimum atomic E-state index is -0.311. The van der Waals surface area contributed by atoms with Crippen LogP contribution in [0.1, 0.15) is 42.4 Å². The Labute approximate surface area is 103 Å². The van der Waals surface area contributed by atoms with Crippen LogP contribution in [0, 0.1) is 0 Å². The van der Waals surface area contributed by atoms with Crippen LogP contribution in [0.5, 0.6) is 0 Å². The molecule has 1 aliphatic carbocycles. The van der Waals surface area contributed by atoms with Gasteiger partial charge in [-0.25, -0.2) is 4.98 Å². The number of aromatic nitrogens is 2. The van der Waals surface area contributed by atoms with Gasteiger partial charge >= 0.3 is 0 Å². The highest BCUT2D eigenvalue weighted by molar-refractivity contribution is 7.14. The maximum absolute atomic E-state index is 11.6. The van der Waals surface area contributed by atoms with Gasteiger partial charge in [-0.05, 0) is 12.8 Å². The summed E-state index contributed by atoms with van der Waals surface area (Å²) in [6.45, 7) is 0. The van der Waals surface area contributed by atoms with Crippen molar-refractivity contribution < 1.29 is 9.32 Å². The van der Waals surface area contributed by atoms with Gasteiger partial charge in [0.05, 0.1) is 11.9 Å². The Hall–Kier alpha value is -1.69. The molecule has 2 aromatic heterocycles. The molecule has 0 atom stereocenters. The lowest BCUT2D eigenvalue weighted by atomic mass is 10.3. The van der Waals surface area contributed by atoms with Crippen LogP contribution < -0.4 is 5.32 Å². The van der Waals surface area contributed by atoms with Gasteiger partial charge in [-0.1, -0.05) is 12.6 Å². The number of hydrogen-bond donors (Lipinski definition) is 1. The summed E-state index contributed by atoms with van der Waals surface area (Å²) >= 11 is 1.44. The van der Waals surface area contributed by atoms with Crippen molar-refractivity contribution >= 4 is 22.4 Å². The first-order chi connectivity index (χ1) is 7.83. The van der Waals surface area contributed by atoms with E-state index in [1.807, 2.05) is 5.38 Å². The minimum Gasteiger partial charge on any atom is -0.351 e. The fourth-order valence-corrected chi connectivity index (χ4v) is 2.19. The molecule has 6 heteroatoms. The SMILES string of the molecule is C.O=C(Nc1nc(C2CC2)cs1)c1ccno1. The summed E-state index contributed by atoms with van der Waals surface area (Å²) < 4.78 is 4.75. The fourth-order valence-electron chi connectivity index (χ4n) is 1.40. The predicted molar refractivity (Wildman–Crippen MR) is 65.3 cm³/mol. The second-order valence-corrected chi connectivity index (χ2v) is 4.54. The average Bonchev–Trinajstić information content (AvgIpc) is 2.82. The third-order valence-corrected chi connectivity index (χ3v) is 3.18. The number of rotatable bonds is 3. The van der Waals surface area contributed by atoms with Gasteiger partial charge in [0.25, 0.3) is 5.91 Å². The van der Waals surface area contributed by atoms with Gasteiger partial charge in [-0.15, -0.1) is 11.3 Å². The van der Waals surface area contributed by atoms with E-state index in [2.05, 4.69) is 15.5 Å². The van der Waals surface area contributed by atoms with E-state index in [4.69, 9.17) is 4.52 Å². The predicted octanol–water partition coefficient (Wildman–Crippen LogP) is 2.90. The molecule has 5 nitrogen and oxygen atoms in total. The Kier molecular flexibility index (Phi) is 3.23. The van der Waals surface area contributed by atoms with Crippen molar-refractivity contribution in [2.45, 2.75) is 26.2 Å². The monoisotopic (exact) mass is 251 g/mol. The Morgan fingerprint density at radius 2 is 2.35 bits per heavy atom. The molecule has 2 heterocycles. The molecule has 0 saturated heterocycles. The third-order valence-electron chi connectivity index (χ3n) is 2.40. The van der Waals surface area contributed by atoms with Crippen LogP contribution in [0.3, 0.4) is 0 Å². The van der Waals surface area contributed by atoms with E-state index < -0.39 is 0 Å². The molecular formula is C11H13N3O2S. The van der Waals surface area contributed by atoms with Crippen molar-refractivity contribution in [2.24, 2.45) is 0 Å². The Balaban J connectivity index is 0.00000108. The van der Waals surface area contributed by atoms with Crippen molar-refractivity contribution in [3.05, 3.63) is 29.1 Å². The van der Waals surface area contributed by atoms with E-state index in [1.54, 1.807) is 0 Å². The van der Waals surface area contributed by atoms with E-state index in [1.165, 1.54) is 36.4 Å². The Bertz CT molecular complexity index is 503. The number of thiazole rings is 1.